The Morgan fingerprint density at radius 3 is 2.61 bits per heavy atom. The predicted molar refractivity (Wildman–Crippen MR) is 73.8 cm³/mol. The van der Waals surface area contributed by atoms with Crippen molar-refractivity contribution in [1.29, 1.82) is 5.26 Å². The summed E-state index contributed by atoms with van der Waals surface area (Å²) in [5.74, 6) is 0.766. The van der Waals surface area contributed by atoms with Gasteiger partial charge in [0.15, 0.2) is 5.82 Å². The number of rotatable bonds is 1. The molecule has 2 N–H and O–H groups in total. The highest BCUT2D eigenvalue weighted by Crippen LogP contribution is 2.26. The molecule has 0 unspecified atom stereocenters. The molecule has 0 radical (unpaired) electrons. The van der Waals surface area contributed by atoms with E-state index in [2.05, 4.69) is 25.9 Å². The number of nitrogens with zero attached hydrogens (tertiary/aromatic N) is 3. The molecular weight excluding hydrogens is 292 g/mol. The van der Waals surface area contributed by atoms with Crippen LogP contribution < -0.4 is 5.73 Å². The number of hydrogen-bond acceptors (Lipinski definition) is 4. The molecule has 0 fully saturated rings. The normalized spacial score (nSPS) is 10.1. The van der Waals surface area contributed by atoms with Crippen LogP contribution in [-0.2, 0) is 0 Å². The molecule has 0 aliphatic rings. The van der Waals surface area contributed by atoms with Crippen LogP contribution in [0.2, 0.25) is 0 Å². The molecule has 0 spiro atoms. The van der Waals surface area contributed by atoms with E-state index in [4.69, 9.17) is 11.0 Å². The average molecular weight is 303 g/mol. The van der Waals surface area contributed by atoms with Gasteiger partial charge in [-0.1, -0.05) is 22.0 Å². The van der Waals surface area contributed by atoms with Gasteiger partial charge in [-0.25, -0.2) is 9.97 Å². The highest BCUT2D eigenvalue weighted by atomic mass is 79.9. The van der Waals surface area contributed by atoms with Gasteiger partial charge in [-0.15, -0.1) is 0 Å². The molecule has 0 aliphatic carbocycles. The molecular formula is C13H11BrN4. The summed E-state index contributed by atoms with van der Waals surface area (Å²) in [5.41, 5.74) is 8.67. The van der Waals surface area contributed by atoms with Crippen LogP contribution in [0, 0.1) is 25.2 Å². The number of aromatic nitrogens is 2. The SMILES string of the molecule is Cc1ccc(Br)cc1-c1nc(C)c(C#N)c(N)n1. The first-order chi connectivity index (χ1) is 8.52. The summed E-state index contributed by atoms with van der Waals surface area (Å²) in [5, 5.41) is 8.94. The van der Waals surface area contributed by atoms with Crippen molar-refractivity contribution in [3.63, 3.8) is 0 Å². The summed E-state index contributed by atoms with van der Waals surface area (Å²) in [6, 6.07) is 7.88. The van der Waals surface area contributed by atoms with Gasteiger partial charge in [-0.3, -0.25) is 0 Å². The van der Waals surface area contributed by atoms with Crippen LogP contribution in [-0.4, -0.2) is 9.97 Å². The van der Waals surface area contributed by atoms with Gasteiger partial charge < -0.3 is 5.73 Å². The van der Waals surface area contributed by atoms with Crippen molar-refractivity contribution in [3.05, 3.63) is 39.5 Å². The molecule has 2 aromatic rings. The van der Waals surface area contributed by atoms with Gasteiger partial charge in [-0.2, -0.15) is 5.26 Å². The molecule has 2 rings (SSSR count). The first-order valence-electron chi connectivity index (χ1n) is 5.33. The molecule has 0 bridgehead atoms. The first-order valence-corrected chi connectivity index (χ1v) is 6.13. The van der Waals surface area contributed by atoms with Crippen LogP contribution in [0.4, 0.5) is 5.82 Å². The second-order valence-electron chi connectivity index (χ2n) is 3.96. The molecule has 1 aromatic heterocycles. The Kier molecular flexibility index (Phi) is 3.30. The van der Waals surface area contributed by atoms with Crippen LogP contribution in [0.3, 0.4) is 0 Å². The number of benzene rings is 1. The summed E-state index contributed by atoms with van der Waals surface area (Å²) in [7, 11) is 0. The third kappa shape index (κ3) is 2.20. The number of nitrogen functional groups attached to an aromatic ring is 1. The van der Waals surface area contributed by atoms with Gasteiger partial charge >= 0.3 is 0 Å². The van der Waals surface area contributed by atoms with Gasteiger partial charge in [0.05, 0.1) is 5.69 Å². The Labute approximate surface area is 114 Å². The third-order valence-electron chi connectivity index (χ3n) is 2.67. The number of nitriles is 1. The van der Waals surface area contributed by atoms with E-state index in [1.165, 1.54) is 0 Å². The number of hydrogen-bond donors (Lipinski definition) is 1. The predicted octanol–water partition coefficient (Wildman–Crippen LogP) is 2.98. The lowest BCUT2D eigenvalue weighted by Gasteiger charge is -2.08. The van der Waals surface area contributed by atoms with Gasteiger partial charge in [0.2, 0.25) is 0 Å². The van der Waals surface area contributed by atoms with E-state index >= 15 is 0 Å². The second-order valence-corrected chi connectivity index (χ2v) is 4.88. The molecule has 0 saturated heterocycles. The Bertz CT molecular complexity index is 636. The summed E-state index contributed by atoms with van der Waals surface area (Å²) >= 11 is 3.42. The van der Waals surface area contributed by atoms with Crippen molar-refractivity contribution in [2.75, 3.05) is 5.73 Å². The van der Waals surface area contributed by atoms with Crippen molar-refractivity contribution in [2.24, 2.45) is 0 Å². The molecule has 0 atom stereocenters. The largest absolute Gasteiger partial charge is 0.382 e. The Morgan fingerprint density at radius 1 is 1.28 bits per heavy atom. The fourth-order valence-electron chi connectivity index (χ4n) is 1.69. The summed E-state index contributed by atoms with van der Waals surface area (Å²) in [6.45, 7) is 3.74. The third-order valence-corrected chi connectivity index (χ3v) is 3.16. The summed E-state index contributed by atoms with van der Waals surface area (Å²) in [6.07, 6.45) is 0. The molecule has 90 valence electrons. The van der Waals surface area contributed by atoms with Gasteiger partial charge in [0, 0.05) is 10.0 Å². The van der Waals surface area contributed by atoms with E-state index in [-0.39, 0.29) is 5.82 Å². The number of halogens is 1. The summed E-state index contributed by atoms with van der Waals surface area (Å²) in [4.78, 5) is 8.54. The lowest BCUT2D eigenvalue weighted by atomic mass is 10.1. The molecule has 1 aromatic carbocycles. The maximum absolute atomic E-state index is 8.94. The fraction of sp³-hybridized carbons (Fsp3) is 0.154. The van der Waals surface area contributed by atoms with Crippen molar-refractivity contribution in [3.8, 4) is 17.5 Å². The van der Waals surface area contributed by atoms with Crippen LogP contribution in [0.5, 0.6) is 0 Å². The maximum atomic E-state index is 8.94. The zero-order valence-corrected chi connectivity index (χ0v) is 11.6. The lowest BCUT2D eigenvalue weighted by Crippen LogP contribution is -2.03. The van der Waals surface area contributed by atoms with Crippen LogP contribution in [0.15, 0.2) is 22.7 Å². The Morgan fingerprint density at radius 2 is 2.00 bits per heavy atom. The highest BCUT2D eigenvalue weighted by molar-refractivity contribution is 9.10. The standard InChI is InChI=1S/C13H11BrN4/c1-7-3-4-9(14)5-10(7)13-17-8(2)11(6-15)12(16)18-13/h3-5H,1-2H3,(H2,16,17,18). The topological polar surface area (TPSA) is 75.6 Å². The summed E-state index contributed by atoms with van der Waals surface area (Å²) < 4.78 is 0.951. The van der Waals surface area contributed by atoms with Gasteiger partial charge in [0.25, 0.3) is 0 Å². The highest BCUT2D eigenvalue weighted by Gasteiger charge is 2.12. The van der Waals surface area contributed by atoms with E-state index < -0.39 is 0 Å². The molecule has 5 heteroatoms. The lowest BCUT2D eigenvalue weighted by molar-refractivity contribution is 1.10. The molecule has 0 aliphatic heterocycles. The smallest absolute Gasteiger partial charge is 0.162 e. The van der Waals surface area contributed by atoms with E-state index in [1.807, 2.05) is 31.2 Å². The van der Waals surface area contributed by atoms with E-state index in [9.17, 15) is 0 Å². The molecule has 1 heterocycles. The zero-order valence-electron chi connectivity index (χ0n) is 10.0. The molecule has 0 saturated carbocycles. The molecule has 4 nitrogen and oxygen atoms in total. The minimum Gasteiger partial charge on any atom is -0.382 e. The minimum absolute atomic E-state index is 0.222. The number of anilines is 1. The minimum atomic E-state index is 0.222. The quantitative estimate of drug-likeness (QED) is 0.878. The number of nitrogens with two attached hydrogens (primary N) is 1. The van der Waals surface area contributed by atoms with Crippen molar-refractivity contribution in [2.45, 2.75) is 13.8 Å². The van der Waals surface area contributed by atoms with Crippen LogP contribution >= 0.6 is 15.9 Å². The zero-order chi connectivity index (χ0) is 13.3. The Balaban J connectivity index is 2.66. The maximum Gasteiger partial charge on any atom is 0.162 e. The molecule has 18 heavy (non-hydrogen) atoms. The van der Waals surface area contributed by atoms with Crippen molar-refractivity contribution >= 4 is 21.7 Å². The van der Waals surface area contributed by atoms with Gasteiger partial charge in [-0.05, 0) is 31.5 Å². The van der Waals surface area contributed by atoms with Gasteiger partial charge in [0.1, 0.15) is 17.5 Å². The van der Waals surface area contributed by atoms with Crippen LogP contribution in [0.25, 0.3) is 11.4 Å². The average Bonchev–Trinajstić information content (AvgIpc) is 2.32. The van der Waals surface area contributed by atoms with E-state index in [1.54, 1.807) is 6.92 Å². The monoisotopic (exact) mass is 302 g/mol. The molecule has 0 amide bonds. The van der Waals surface area contributed by atoms with Crippen LogP contribution in [0.1, 0.15) is 16.8 Å². The second kappa shape index (κ2) is 4.75. The van der Waals surface area contributed by atoms with E-state index in [0.717, 1.165) is 15.6 Å². The Hall–Kier alpha value is -1.93. The van der Waals surface area contributed by atoms with Crippen molar-refractivity contribution < 1.29 is 0 Å². The van der Waals surface area contributed by atoms with Crippen molar-refractivity contribution in [1.82, 2.24) is 9.97 Å². The fourth-order valence-corrected chi connectivity index (χ4v) is 2.05. The first kappa shape index (κ1) is 12.5. The number of aryl methyl sites for hydroxylation is 2. The van der Waals surface area contributed by atoms with E-state index in [0.29, 0.717) is 17.1 Å².